The molecule has 3 N–H and O–H groups in total. The van der Waals surface area contributed by atoms with Gasteiger partial charge >= 0.3 is 192 Å². The Bertz CT molecular complexity index is 902. The van der Waals surface area contributed by atoms with Crippen LogP contribution in [0.15, 0.2) is 23.5 Å². The predicted molar refractivity (Wildman–Crippen MR) is 116 cm³/mol. The minimum atomic E-state index is -4.46. The van der Waals surface area contributed by atoms with Crippen LogP contribution in [0.25, 0.3) is 0 Å². The van der Waals surface area contributed by atoms with Crippen molar-refractivity contribution in [3.8, 4) is 0 Å². The second-order valence-electron chi connectivity index (χ2n) is 9.53. The monoisotopic (exact) mass is 485 g/mol. The van der Waals surface area contributed by atoms with Gasteiger partial charge in [-0.2, -0.15) is 0 Å². The number of hydrogen-bond donors (Lipinski definition) is 3. The Morgan fingerprint density at radius 3 is 2.70 bits per heavy atom. The summed E-state index contributed by atoms with van der Waals surface area (Å²) in [7, 11) is -4.46. The summed E-state index contributed by atoms with van der Waals surface area (Å²) in [5, 5.41) is 13.7. The Hall–Kier alpha value is -1.39. The van der Waals surface area contributed by atoms with E-state index >= 15 is 0 Å². The molecule has 0 spiro atoms. The van der Waals surface area contributed by atoms with E-state index < -0.39 is 55.7 Å². The van der Waals surface area contributed by atoms with Crippen molar-refractivity contribution in [2.75, 3.05) is 20.1 Å². The van der Waals surface area contributed by atoms with Crippen molar-refractivity contribution in [1.29, 1.82) is 0 Å². The molecule has 5 aliphatic rings. The molecule has 5 rings (SSSR count). The first-order valence-electron chi connectivity index (χ1n) is 11.7. The summed E-state index contributed by atoms with van der Waals surface area (Å²) in [5.41, 5.74) is 0.631. The molecule has 3 heterocycles. The van der Waals surface area contributed by atoms with Crippen LogP contribution in [0, 0.1) is 11.8 Å². The number of ketones is 1. The van der Waals surface area contributed by atoms with Crippen LogP contribution in [-0.2, 0) is 32.6 Å². The number of hydrogen-bond acceptors (Lipinski definition) is 9. The van der Waals surface area contributed by atoms with Crippen molar-refractivity contribution in [1.82, 2.24) is 5.32 Å². The van der Waals surface area contributed by atoms with Crippen molar-refractivity contribution >= 4 is 19.2 Å². The zero-order valence-electron chi connectivity index (χ0n) is 18.8. The molecule has 0 aromatic heterocycles. The van der Waals surface area contributed by atoms with Crippen LogP contribution in [0.4, 0.5) is 0 Å². The summed E-state index contributed by atoms with van der Waals surface area (Å²) in [6.07, 6.45) is 4.66. The normalized spacial score (nSPS) is 41.2. The van der Waals surface area contributed by atoms with E-state index in [1.807, 2.05) is 0 Å². The summed E-state index contributed by atoms with van der Waals surface area (Å²) in [4.78, 5) is 37.1. The number of fused-ring (bicyclic) bond motifs is 6. The van der Waals surface area contributed by atoms with Gasteiger partial charge in [-0.1, -0.05) is 0 Å². The van der Waals surface area contributed by atoms with Gasteiger partial charge in [0.1, 0.15) is 0 Å². The minimum absolute atomic E-state index is 0.0409. The molecule has 3 saturated heterocycles. The fourth-order valence-electron chi connectivity index (χ4n) is 5.43. The van der Waals surface area contributed by atoms with E-state index in [9.17, 15) is 19.6 Å². The Morgan fingerprint density at radius 1 is 1.15 bits per heavy atom. The van der Waals surface area contributed by atoms with E-state index in [0.717, 1.165) is 32.1 Å². The van der Waals surface area contributed by atoms with E-state index in [2.05, 4.69) is 12.2 Å². The fourth-order valence-corrected chi connectivity index (χ4v) is 7.74. The van der Waals surface area contributed by atoms with Crippen LogP contribution in [0.3, 0.4) is 0 Å². The van der Waals surface area contributed by atoms with Crippen LogP contribution in [0.1, 0.15) is 39.0 Å². The maximum absolute atomic E-state index is 13.0. The van der Waals surface area contributed by atoms with Crippen molar-refractivity contribution in [2.24, 2.45) is 11.8 Å². The zero-order chi connectivity index (χ0) is 23.4. The number of amides is 1. The first-order chi connectivity index (χ1) is 15.7. The zero-order valence-corrected chi connectivity index (χ0v) is 19.7. The third-order valence-electron chi connectivity index (χ3n) is 7.02. The second kappa shape index (κ2) is 8.37. The quantitative estimate of drug-likeness (QED) is 0.212. The van der Waals surface area contributed by atoms with E-state index in [1.165, 1.54) is 6.66 Å². The van der Waals surface area contributed by atoms with E-state index in [-0.39, 0.29) is 19.2 Å². The molecule has 0 saturated carbocycles. The Balaban J connectivity index is 1.35. The van der Waals surface area contributed by atoms with Gasteiger partial charge in [-0.3, -0.25) is 0 Å². The number of carbonyl (C=O) groups is 2. The van der Waals surface area contributed by atoms with Gasteiger partial charge in [-0.05, 0) is 0 Å². The predicted octanol–water partition coefficient (Wildman–Crippen LogP) is 1.46. The molecule has 3 aliphatic heterocycles. The Labute approximate surface area is 192 Å². The summed E-state index contributed by atoms with van der Waals surface area (Å²) in [6.45, 7) is 3.77. The van der Waals surface area contributed by atoms with E-state index in [1.54, 1.807) is 12.2 Å². The molecule has 0 radical (unpaired) electrons. The molecule has 0 bridgehead atoms. The molecule has 2 aliphatic carbocycles. The summed E-state index contributed by atoms with van der Waals surface area (Å²) in [6, 6.07) is -0.681. The standard InChI is InChI=1S/C22H32NO9P/c1-3-4-5-6-7-8-30-33(2,27)31-19-14(24)9-13-12-10-15-20(29-11-28-15)18(25)16(12)22(26)23-17(13)21(19)32-33/h9-10,12,14,16-17,19-21,24,27H,3-8,11H2,1-2H3,(H,23,26). The SMILES string of the molecule is CCCCCCCOP1(C)(O)OC2C(O)C=C3C4C=C5OCOC5C(=O)C4C(=O)NC3C2O1. The van der Waals surface area contributed by atoms with Gasteiger partial charge in [0.2, 0.25) is 0 Å². The van der Waals surface area contributed by atoms with Gasteiger partial charge in [-0.25, -0.2) is 0 Å². The molecule has 33 heavy (non-hydrogen) atoms. The van der Waals surface area contributed by atoms with Crippen LogP contribution >= 0.6 is 7.51 Å². The molecule has 0 aromatic carbocycles. The number of piperidine rings is 1. The number of ether oxygens (including phenoxy) is 2. The summed E-state index contributed by atoms with van der Waals surface area (Å²) < 4.78 is 28.4. The van der Waals surface area contributed by atoms with Crippen LogP contribution < -0.4 is 5.32 Å². The molecule has 3 fully saturated rings. The van der Waals surface area contributed by atoms with Gasteiger partial charge in [0.15, 0.2) is 0 Å². The molecular weight excluding hydrogens is 453 g/mol. The van der Waals surface area contributed by atoms with Crippen LogP contribution in [-0.4, -0.2) is 72.2 Å². The molecule has 1 amide bonds. The van der Waals surface area contributed by atoms with Crippen LogP contribution in [0.5, 0.6) is 0 Å². The number of unbranched alkanes of at least 4 members (excludes halogenated alkanes) is 4. The number of carbonyl (C=O) groups excluding carboxylic acids is 2. The number of rotatable bonds is 7. The molecular formula is C22H32NO9P. The molecule has 184 valence electrons. The van der Waals surface area contributed by atoms with Crippen molar-refractivity contribution in [3.05, 3.63) is 23.5 Å². The molecule has 11 heteroatoms. The summed E-state index contributed by atoms with van der Waals surface area (Å²) >= 11 is 0. The fraction of sp³-hybridized carbons (Fsp3) is 0.727. The Kier molecular flexibility index (Phi) is 5.93. The summed E-state index contributed by atoms with van der Waals surface area (Å²) in [5.74, 6) is -1.99. The number of aliphatic hydroxyl groups excluding tert-OH is 1. The molecule has 7 atom stereocenters. The third kappa shape index (κ3) is 4.05. The van der Waals surface area contributed by atoms with Gasteiger partial charge in [-0.15, -0.1) is 0 Å². The average Bonchev–Trinajstić information content (AvgIpc) is 3.35. The van der Waals surface area contributed by atoms with Crippen molar-refractivity contribution in [2.45, 2.75) is 69.5 Å². The molecule has 0 aromatic rings. The number of Topliss-reactive ketones (excluding diaryl/α,β-unsaturated/α-hetero) is 1. The first-order valence-corrected chi connectivity index (χ1v) is 14.1. The van der Waals surface area contributed by atoms with Gasteiger partial charge in [0, 0.05) is 0 Å². The second-order valence-corrected chi connectivity index (χ2v) is 12.6. The third-order valence-corrected chi connectivity index (χ3v) is 9.22. The van der Waals surface area contributed by atoms with E-state index in [4.69, 9.17) is 23.0 Å². The van der Waals surface area contributed by atoms with E-state index in [0.29, 0.717) is 11.3 Å². The Morgan fingerprint density at radius 2 is 1.91 bits per heavy atom. The number of allylic oxidation sites excluding steroid dienone is 1. The maximum atomic E-state index is 13.0. The number of aliphatic hydroxyl groups is 1. The average molecular weight is 485 g/mol. The van der Waals surface area contributed by atoms with Gasteiger partial charge < -0.3 is 0 Å². The van der Waals surface area contributed by atoms with Gasteiger partial charge in [0.25, 0.3) is 0 Å². The molecule has 7 unspecified atom stereocenters. The topological polar surface area (TPSA) is 133 Å². The van der Waals surface area contributed by atoms with Gasteiger partial charge in [0.05, 0.1) is 0 Å². The van der Waals surface area contributed by atoms with Crippen molar-refractivity contribution < 1.29 is 42.6 Å². The number of nitrogens with one attached hydrogen (secondary N) is 1. The van der Waals surface area contributed by atoms with Crippen molar-refractivity contribution in [3.63, 3.8) is 0 Å². The van der Waals surface area contributed by atoms with Crippen LogP contribution in [0.2, 0.25) is 0 Å². The molecule has 10 nitrogen and oxygen atoms in total. The first kappa shape index (κ1) is 23.4.